The van der Waals surface area contributed by atoms with Crippen LogP contribution in [0.1, 0.15) is 49.8 Å². The molecule has 2 fully saturated rings. The van der Waals surface area contributed by atoms with Gasteiger partial charge >= 0.3 is 6.09 Å². The van der Waals surface area contributed by atoms with Crippen LogP contribution in [0.15, 0.2) is 29.3 Å². The fraction of sp³-hybridized carbons (Fsp3) is 0.652. The first-order chi connectivity index (χ1) is 14.6. The lowest BCUT2D eigenvalue weighted by Gasteiger charge is -2.33. The van der Waals surface area contributed by atoms with Crippen LogP contribution >= 0.6 is 24.0 Å². The van der Waals surface area contributed by atoms with Crippen LogP contribution in [0, 0.1) is 6.92 Å². The molecule has 2 saturated heterocycles. The van der Waals surface area contributed by atoms with Crippen molar-refractivity contribution in [3.63, 3.8) is 0 Å². The van der Waals surface area contributed by atoms with Gasteiger partial charge in [0.15, 0.2) is 5.96 Å². The quantitative estimate of drug-likeness (QED) is 0.327. The Morgan fingerprint density at radius 2 is 1.81 bits per heavy atom. The lowest BCUT2D eigenvalue weighted by molar-refractivity contribution is 0.0963. The summed E-state index contributed by atoms with van der Waals surface area (Å²) < 4.78 is 5.11. The number of aryl methyl sites for hydroxylation is 1. The third-order valence-corrected chi connectivity index (χ3v) is 6.09. The highest BCUT2D eigenvalue weighted by Gasteiger charge is 2.26. The van der Waals surface area contributed by atoms with Crippen LogP contribution in [0.25, 0.3) is 0 Å². The Hall–Kier alpha value is -1.55. The minimum atomic E-state index is -0.204. The van der Waals surface area contributed by atoms with Crippen LogP contribution in [-0.2, 0) is 4.74 Å². The van der Waals surface area contributed by atoms with Gasteiger partial charge in [-0.3, -0.25) is 9.89 Å². The predicted octanol–water partition coefficient (Wildman–Crippen LogP) is 3.54. The molecule has 0 radical (unpaired) electrons. The molecule has 1 unspecified atom stereocenters. The van der Waals surface area contributed by atoms with Crippen molar-refractivity contribution in [2.75, 3.05) is 46.4 Å². The van der Waals surface area contributed by atoms with Crippen molar-refractivity contribution in [1.29, 1.82) is 0 Å². The van der Waals surface area contributed by atoms with E-state index in [4.69, 9.17) is 4.74 Å². The maximum atomic E-state index is 11.9. The number of amides is 1. The van der Waals surface area contributed by atoms with Crippen LogP contribution in [0.4, 0.5) is 4.79 Å². The van der Waals surface area contributed by atoms with Gasteiger partial charge in [0.1, 0.15) is 0 Å². The van der Waals surface area contributed by atoms with Crippen molar-refractivity contribution in [1.82, 2.24) is 20.4 Å². The first-order valence-corrected chi connectivity index (χ1v) is 11.3. The molecule has 2 heterocycles. The lowest BCUT2D eigenvalue weighted by atomic mass is 10.0. The highest BCUT2D eigenvalue weighted by Crippen LogP contribution is 2.25. The molecule has 0 bridgehead atoms. The topological polar surface area (TPSA) is 69.2 Å². The zero-order chi connectivity index (χ0) is 21.3. The average molecular weight is 543 g/mol. The summed E-state index contributed by atoms with van der Waals surface area (Å²) in [5.41, 5.74) is 2.65. The Kier molecular flexibility index (Phi) is 10.9. The van der Waals surface area contributed by atoms with E-state index in [-0.39, 0.29) is 30.1 Å². The van der Waals surface area contributed by atoms with E-state index >= 15 is 0 Å². The Labute approximate surface area is 204 Å². The van der Waals surface area contributed by atoms with E-state index in [1.807, 2.05) is 14.0 Å². The Morgan fingerprint density at radius 1 is 1.16 bits per heavy atom. The van der Waals surface area contributed by atoms with Crippen LogP contribution in [0.3, 0.4) is 0 Å². The molecule has 2 aliphatic heterocycles. The molecule has 0 saturated carbocycles. The minimum Gasteiger partial charge on any atom is -0.450 e. The summed E-state index contributed by atoms with van der Waals surface area (Å²) in [7, 11) is 1.82. The summed E-state index contributed by atoms with van der Waals surface area (Å²) in [4.78, 5) is 20.7. The molecule has 1 atom stereocenters. The molecular formula is C23H38IN5O2. The third-order valence-electron chi connectivity index (χ3n) is 6.09. The smallest absolute Gasteiger partial charge is 0.409 e. The molecule has 1 amide bonds. The SMILES string of the molecule is CCOC(=O)N1CCC(NC(=NC)NCC(c2ccc(C)cc2)N2CCCC2)CC1.I. The maximum Gasteiger partial charge on any atom is 0.409 e. The van der Waals surface area contributed by atoms with Crippen LogP contribution in [-0.4, -0.2) is 74.3 Å². The third kappa shape index (κ3) is 7.52. The zero-order valence-corrected chi connectivity index (χ0v) is 21.4. The number of ether oxygens (including phenoxy) is 1. The van der Waals surface area contributed by atoms with Gasteiger partial charge in [-0.1, -0.05) is 29.8 Å². The van der Waals surface area contributed by atoms with E-state index in [0.717, 1.165) is 38.4 Å². The number of rotatable bonds is 6. The molecule has 2 aliphatic rings. The highest BCUT2D eigenvalue weighted by atomic mass is 127. The van der Waals surface area contributed by atoms with E-state index in [1.165, 1.54) is 24.0 Å². The summed E-state index contributed by atoms with van der Waals surface area (Å²) in [6.07, 6.45) is 4.13. The molecule has 1 aromatic carbocycles. The van der Waals surface area contributed by atoms with Crippen molar-refractivity contribution in [2.24, 2.45) is 4.99 Å². The van der Waals surface area contributed by atoms with Gasteiger partial charge in [0.2, 0.25) is 0 Å². The van der Waals surface area contributed by atoms with E-state index in [9.17, 15) is 4.79 Å². The highest BCUT2D eigenvalue weighted by molar-refractivity contribution is 14.0. The number of carbonyl (C=O) groups excluding carboxylic acids is 1. The normalized spacial score (nSPS) is 18.9. The summed E-state index contributed by atoms with van der Waals surface area (Å²) >= 11 is 0. The lowest BCUT2D eigenvalue weighted by Crippen LogP contribution is -2.51. The van der Waals surface area contributed by atoms with Gasteiger partial charge < -0.3 is 20.3 Å². The maximum absolute atomic E-state index is 11.9. The monoisotopic (exact) mass is 543 g/mol. The molecule has 7 nitrogen and oxygen atoms in total. The zero-order valence-electron chi connectivity index (χ0n) is 19.1. The molecule has 1 aromatic rings. The Bertz CT molecular complexity index is 698. The molecule has 8 heteroatoms. The van der Waals surface area contributed by atoms with E-state index in [2.05, 4.69) is 51.7 Å². The number of carbonyl (C=O) groups is 1. The van der Waals surface area contributed by atoms with Gasteiger partial charge in [-0.15, -0.1) is 24.0 Å². The molecule has 31 heavy (non-hydrogen) atoms. The van der Waals surface area contributed by atoms with Gasteiger partial charge in [-0.2, -0.15) is 0 Å². The van der Waals surface area contributed by atoms with E-state index < -0.39 is 0 Å². The van der Waals surface area contributed by atoms with Crippen LogP contribution < -0.4 is 10.6 Å². The standard InChI is InChI=1S/C23H37N5O2.HI/c1-4-30-23(29)28-15-11-20(12-16-28)26-22(24-3)25-17-21(27-13-5-6-14-27)19-9-7-18(2)8-10-19;/h7-10,20-21H,4-6,11-17H2,1-3H3,(H2,24,25,26);1H. The number of guanidine groups is 1. The molecule has 0 spiro atoms. The number of benzene rings is 1. The summed E-state index contributed by atoms with van der Waals surface area (Å²) in [6.45, 7) is 8.95. The summed E-state index contributed by atoms with van der Waals surface area (Å²) in [6, 6.07) is 9.55. The fourth-order valence-corrected chi connectivity index (χ4v) is 4.30. The largest absolute Gasteiger partial charge is 0.450 e. The summed E-state index contributed by atoms with van der Waals surface area (Å²) in [5.74, 6) is 0.834. The first-order valence-electron chi connectivity index (χ1n) is 11.3. The number of hydrogen-bond donors (Lipinski definition) is 2. The number of piperidine rings is 1. The van der Waals surface area contributed by atoms with Crippen molar-refractivity contribution in [3.05, 3.63) is 35.4 Å². The second-order valence-corrected chi connectivity index (χ2v) is 8.23. The molecule has 0 aromatic heterocycles. The van der Waals surface area contributed by atoms with Crippen molar-refractivity contribution < 1.29 is 9.53 Å². The molecule has 2 N–H and O–H groups in total. The predicted molar refractivity (Wildman–Crippen MR) is 136 cm³/mol. The van der Waals surface area contributed by atoms with Gasteiger partial charge in [-0.05, 0) is 58.2 Å². The first kappa shape index (κ1) is 25.7. The molecular weight excluding hydrogens is 505 g/mol. The number of nitrogens with zero attached hydrogens (tertiary/aromatic N) is 3. The number of aliphatic imine (C=N–C) groups is 1. The van der Waals surface area contributed by atoms with Gasteiger partial charge in [0.25, 0.3) is 0 Å². The van der Waals surface area contributed by atoms with E-state index in [1.54, 1.807) is 4.90 Å². The van der Waals surface area contributed by atoms with Crippen LogP contribution in [0.5, 0.6) is 0 Å². The Balaban J connectivity index is 0.00000341. The van der Waals surface area contributed by atoms with E-state index in [0.29, 0.717) is 31.8 Å². The minimum absolute atomic E-state index is 0. The second-order valence-electron chi connectivity index (χ2n) is 8.23. The Morgan fingerprint density at radius 3 is 2.39 bits per heavy atom. The number of nitrogens with one attached hydrogen (secondary N) is 2. The number of halogens is 1. The molecule has 3 rings (SSSR count). The molecule has 174 valence electrons. The summed E-state index contributed by atoms with van der Waals surface area (Å²) in [5, 5.41) is 7.10. The van der Waals surface area contributed by atoms with Gasteiger partial charge in [0.05, 0.1) is 12.6 Å². The van der Waals surface area contributed by atoms with Crippen molar-refractivity contribution >= 4 is 36.0 Å². The van der Waals surface area contributed by atoms with Crippen LogP contribution in [0.2, 0.25) is 0 Å². The number of hydrogen-bond acceptors (Lipinski definition) is 4. The van der Waals surface area contributed by atoms with Gasteiger partial charge in [-0.25, -0.2) is 4.79 Å². The van der Waals surface area contributed by atoms with Crippen molar-refractivity contribution in [3.8, 4) is 0 Å². The molecule has 0 aliphatic carbocycles. The van der Waals surface area contributed by atoms with Gasteiger partial charge in [0, 0.05) is 32.7 Å². The average Bonchev–Trinajstić information content (AvgIpc) is 3.29. The fourth-order valence-electron chi connectivity index (χ4n) is 4.30. The number of likely N-dealkylation sites (tertiary alicyclic amines) is 2. The van der Waals surface area contributed by atoms with Crippen molar-refractivity contribution in [2.45, 2.75) is 51.6 Å². The second kappa shape index (κ2) is 13.1.